The van der Waals surface area contributed by atoms with Crippen molar-refractivity contribution < 1.29 is 4.79 Å². The lowest BCUT2D eigenvalue weighted by atomic mass is 10.00. The first-order valence-corrected chi connectivity index (χ1v) is 9.83. The second-order valence-electron chi connectivity index (χ2n) is 7.92. The van der Waals surface area contributed by atoms with Crippen LogP contribution in [-0.2, 0) is 12.8 Å². The smallest absolute Gasteiger partial charge is 0.201 e. The molecule has 2 atom stereocenters. The number of imidazole rings is 1. The van der Waals surface area contributed by atoms with Crippen molar-refractivity contribution in [3.63, 3.8) is 0 Å². The van der Waals surface area contributed by atoms with Gasteiger partial charge in [-0.2, -0.15) is 0 Å². The average molecular weight is 360 g/mol. The monoisotopic (exact) mass is 360 g/mol. The topological polar surface area (TPSA) is 59.3 Å². The highest BCUT2D eigenvalue weighted by Crippen LogP contribution is 2.31. The molecule has 0 bridgehead atoms. The molecule has 3 heterocycles. The third-order valence-corrected chi connectivity index (χ3v) is 6.04. The summed E-state index contributed by atoms with van der Waals surface area (Å²) >= 11 is 0. The number of fused-ring (bicyclic) bond motifs is 2. The molecule has 1 fully saturated rings. The van der Waals surface area contributed by atoms with Crippen LogP contribution in [0.25, 0.3) is 5.65 Å². The van der Waals surface area contributed by atoms with Gasteiger partial charge in [0, 0.05) is 17.4 Å². The van der Waals surface area contributed by atoms with Crippen LogP contribution in [-0.4, -0.2) is 26.2 Å². The van der Waals surface area contributed by atoms with Crippen LogP contribution in [0, 0.1) is 13.8 Å². The highest BCUT2D eigenvalue weighted by Gasteiger charge is 2.33. The van der Waals surface area contributed by atoms with E-state index in [1.165, 1.54) is 36.0 Å². The number of carbonyl (C=O) groups excluding carboxylic acids is 1. The van der Waals surface area contributed by atoms with Crippen molar-refractivity contribution in [3.8, 4) is 0 Å². The van der Waals surface area contributed by atoms with Crippen molar-refractivity contribution in [2.45, 2.75) is 58.0 Å². The Kier molecular flexibility index (Phi) is 3.86. The van der Waals surface area contributed by atoms with Gasteiger partial charge in [0.05, 0.1) is 6.04 Å². The standard InChI is InChI=1S/C22H24N4O/c1-13-10-14(2)26-12-23-20(22(26)24-13)21(27)19-9-8-18(25-19)17-7-6-15-4-3-5-16(15)11-17/h6-7,10-12,18-19,25H,3-5,8-9H2,1-2H3. The minimum atomic E-state index is -0.190. The number of Topliss-reactive ketones (excluding diaryl/α,β-unsaturated/α-hetero) is 1. The van der Waals surface area contributed by atoms with Gasteiger partial charge in [0.2, 0.25) is 5.78 Å². The molecule has 2 aliphatic rings. The summed E-state index contributed by atoms with van der Waals surface area (Å²) in [5.41, 5.74) is 7.38. The molecule has 5 rings (SSSR count). The Labute approximate surface area is 158 Å². The van der Waals surface area contributed by atoms with Gasteiger partial charge < -0.3 is 5.32 Å². The van der Waals surface area contributed by atoms with Gasteiger partial charge in [-0.1, -0.05) is 18.2 Å². The summed E-state index contributed by atoms with van der Waals surface area (Å²) in [7, 11) is 0. The van der Waals surface area contributed by atoms with E-state index >= 15 is 0 Å². The van der Waals surface area contributed by atoms with Crippen LogP contribution in [0.5, 0.6) is 0 Å². The van der Waals surface area contributed by atoms with Crippen LogP contribution in [0.1, 0.15) is 63.9 Å². The van der Waals surface area contributed by atoms with Crippen LogP contribution in [0.3, 0.4) is 0 Å². The SMILES string of the molecule is Cc1cc(C)n2cnc(C(=O)C3CCC(c4ccc5c(c4)CCC5)N3)c2n1. The molecule has 1 aliphatic carbocycles. The Morgan fingerprint density at radius 2 is 2.00 bits per heavy atom. The van der Waals surface area contributed by atoms with Crippen molar-refractivity contribution in [3.05, 3.63) is 64.4 Å². The molecule has 5 nitrogen and oxygen atoms in total. The first-order chi connectivity index (χ1) is 13.1. The fraction of sp³-hybridized carbons (Fsp3) is 0.409. The molecule has 1 saturated heterocycles. The predicted octanol–water partition coefficient (Wildman–Crippen LogP) is 3.51. The zero-order chi connectivity index (χ0) is 18.5. The molecule has 0 saturated carbocycles. The maximum absolute atomic E-state index is 13.1. The molecule has 1 aliphatic heterocycles. The van der Waals surface area contributed by atoms with Crippen molar-refractivity contribution in [2.24, 2.45) is 0 Å². The first-order valence-electron chi connectivity index (χ1n) is 9.83. The Balaban J connectivity index is 1.39. The number of ketones is 1. The quantitative estimate of drug-likeness (QED) is 0.726. The molecule has 0 spiro atoms. The number of aromatic nitrogens is 3. The molecule has 3 aromatic rings. The zero-order valence-electron chi connectivity index (χ0n) is 15.8. The van der Waals surface area contributed by atoms with E-state index in [1.807, 2.05) is 24.3 Å². The summed E-state index contributed by atoms with van der Waals surface area (Å²) in [6.45, 7) is 3.96. The van der Waals surface area contributed by atoms with Crippen LogP contribution in [0.15, 0.2) is 30.6 Å². The summed E-state index contributed by atoms with van der Waals surface area (Å²) in [5.74, 6) is 0.0543. The van der Waals surface area contributed by atoms with Crippen LogP contribution in [0.2, 0.25) is 0 Å². The summed E-state index contributed by atoms with van der Waals surface area (Å²) in [4.78, 5) is 22.1. The van der Waals surface area contributed by atoms with Crippen molar-refractivity contribution in [2.75, 3.05) is 0 Å². The lowest BCUT2D eigenvalue weighted by Crippen LogP contribution is -2.32. The number of benzene rings is 1. The Morgan fingerprint density at radius 1 is 1.15 bits per heavy atom. The van der Waals surface area contributed by atoms with E-state index in [0.29, 0.717) is 11.3 Å². The maximum atomic E-state index is 13.1. The molecule has 1 N–H and O–H groups in total. The first kappa shape index (κ1) is 16.6. The second kappa shape index (κ2) is 6.27. The van der Waals surface area contributed by atoms with E-state index in [4.69, 9.17) is 0 Å². The van der Waals surface area contributed by atoms with E-state index in [2.05, 4.69) is 33.5 Å². The largest absolute Gasteiger partial charge is 0.300 e. The summed E-state index contributed by atoms with van der Waals surface area (Å²) in [6, 6.07) is 8.90. The maximum Gasteiger partial charge on any atom is 0.201 e. The van der Waals surface area contributed by atoms with E-state index in [-0.39, 0.29) is 17.9 Å². The molecule has 1 aromatic carbocycles. The molecule has 0 radical (unpaired) electrons. The molecule has 2 unspecified atom stereocenters. The van der Waals surface area contributed by atoms with Gasteiger partial charge in [0.1, 0.15) is 6.33 Å². The van der Waals surface area contributed by atoms with Gasteiger partial charge in [0.25, 0.3) is 0 Å². The van der Waals surface area contributed by atoms with E-state index in [9.17, 15) is 4.79 Å². The van der Waals surface area contributed by atoms with Crippen LogP contribution in [0.4, 0.5) is 0 Å². The fourth-order valence-electron chi connectivity index (χ4n) is 4.64. The number of rotatable bonds is 3. The Bertz CT molecular complexity index is 1050. The van der Waals surface area contributed by atoms with Gasteiger partial charge in [0.15, 0.2) is 11.3 Å². The molecule has 2 aromatic heterocycles. The summed E-state index contributed by atoms with van der Waals surface area (Å²) in [6.07, 6.45) is 7.17. The average Bonchev–Trinajstić information content (AvgIpc) is 3.39. The molecule has 27 heavy (non-hydrogen) atoms. The number of nitrogens with one attached hydrogen (secondary N) is 1. The van der Waals surface area contributed by atoms with E-state index in [1.54, 1.807) is 6.33 Å². The molecule has 0 amide bonds. The van der Waals surface area contributed by atoms with Crippen LogP contribution < -0.4 is 5.32 Å². The number of carbonyl (C=O) groups is 1. The summed E-state index contributed by atoms with van der Waals surface area (Å²) in [5, 5.41) is 3.55. The van der Waals surface area contributed by atoms with Gasteiger partial charge in [-0.15, -0.1) is 0 Å². The molecule has 138 valence electrons. The van der Waals surface area contributed by atoms with E-state index in [0.717, 1.165) is 24.2 Å². The van der Waals surface area contributed by atoms with Gasteiger partial charge in [-0.3, -0.25) is 9.20 Å². The number of nitrogens with zero attached hydrogens (tertiary/aromatic N) is 3. The van der Waals surface area contributed by atoms with Crippen molar-refractivity contribution >= 4 is 11.4 Å². The third-order valence-electron chi connectivity index (χ3n) is 6.04. The van der Waals surface area contributed by atoms with Crippen molar-refractivity contribution in [1.29, 1.82) is 0 Å². The Hall–Kier alpha value is -2.53. The number of hydrogen-bond donors (Lipinski definition) is 1. The number of hydrogen-bond acceptors (Lipinski definition) is 4. The molecule has 5 heteroatoms. The highest BCUT2D eigenvalue weighted by molar-refractivity contribution is 6.03. The lowest BCUT2D eigenvalue weighted by Gasteiger charge is -2.15. The highest BCUT2D eigenvalue weighted by atomic mass is 16.1. The van der Waals surface area contributed by atoms with E-state index < -0.39 is 0 Å². The van der Waals surface area contributed by atoms with Gasteiger partial charge in [-0.05, 0) is 68.7 Å². The lowest BCUT2D eigenvalue weighted by molar-refractivity contribution is 0.0947. The minimum Gasteiger partial charge on any atom is -0.300 e. The van der Waals surface area contributed by atoms with Gasteiger partial charge in [-0.25, -0.2) is 9.97 Å². The molecular formula is C22H24N4O. The predicted molar refractivity (Wildman–Crippen MR) is 104 cm³/mol. The Morgan fingerprint density at radius 3 is 2.89 bits per heavy atom. The van der Waals surface area contributed by atoms with Gasteiger partial charge >= 0.3 is 0 Å². The molecular weight excluding hydrogens is 336 g/mol. The second-order valence-corrected chi connectivity index (χ2v) is 7.92. The fourth-order valence-corrected chi connectivity index (χ4v) is 4.64. The zero-order valence-corrected chi connectivity index (χ0v) is 15.8. The number of aryl methyl sites for hydroxylation is 4. The third kappa shape index (κ3) is 2.77. The summed E-state index contributed by atoms with van der Waals surface area (Å²) < 4.78 is 1.90. The van der Waals surface area contributed by atoms with Crippen LogP contribution >= 0.6 is 0 Å². The minimum absolute atomic E-state index is 0.0543. The normalized spacial score (nSPS) is 21.7. The van der Waals surface area contributed by atoms with Crippen molar-refractivity contribution in [1.82, 2.24) is 19.7 Å².